The van der Waals surface area contributed by atoms with Crippen molar-refractivity contribution in [2.75, 3.05) is 20.3 Å². The lowest BCUT2D eigenvalue weighted by Gasteiger charge is -2.30. The predicted molar refractivity (Wildman–Crippen MR) is 134 cm³/mol. The molecule has 38 heavy (non-hydrogen) atoms. The average Bonchev–Trinajstić information content (AvgIpc) is 3.15. The fourth-order valence-corrected chi connectivity index (χ4v) is 4.70. The van der Waals surface area contributed by atoms with Gasteiger partial charge in [0.15, 0.2) is 0 Å². The van der Waals surface area contributed by atoms with Gasteiger partial charge in [0.05, 0.1) is 46.8 Å². The fourth-order valence-electron chi connectivity index (χ4n) is 4.70. The highest BCUT2D eigenvalue weighted by atomic mass is 16.6. The second-order valence-electron chi connectivity index (χ2n) is 8.78. The van der Waals surface area contributed by atoms with Crippen LogP contribution in [-0.2, 0) is 19.1 Å². The SMILES string of the molecule is COC(=O)C1=C(C)NC(C)=C(C(=O)OCCCN2C(=O)c3ccccc3C2=O)C1c1cccc([N+](=O)[O-])c1. The van der Waals surface area contributed by atoms with Gasteiger partial charge in [-0.2, -0.15) is 0 Å². The van der Waals surface area contributed by atoms with E-state index in [0.717, 1.165) is 4.90 Å². The number of fused-ring (bicyclic) bond motifs is 1. The summed E-state index contributed by atoms with van der Waals surface area (Å²) in [5, 5.41) is 14.4. The van der Waals surface area contributed by atoms with Crippen LogP contribution in [0.3, 0.4) is 0 Å². The number of non-ortho nitro benzene ring substituents is 1. The molecule has 0 saturated heterocycles. The number of imide groups is 1. The topological polar surface area (TPSA) is 145 Å². The van der Waals surface area contributed by atoms with Crippen LogP contribution in [0.4, 0.5) is 5.69 Å². The summed E-state index contributed by atoms with van der Waals surface area (Å²) in [6.07, 6.45) is 0.192. The van der Waals surface area contributed by atoms with Gasteiger partial charge >= 0.3 is 11.9 Å². The molecule has 11 heteroatoms. The molecule has 196 valence electrons. The molecular weight excluding hydrogens is 494 g/mol. The standard InChI is InChI=1S/C27H25N3O8/c1-15-21(26(33)37-3)23(17-8-6-9-18(14-17)30(35)36)22(16(2)28-15)27(34)38-13-7-12-29-24(31)19-10-4-5-11-20(19)25(29)32/h4-6,8-11,14,23,28H,7,12-13H2,1-3H3. The van der Waals surface area contributed by atoms with E-state index in [1.54, 1.807) is 44.2 Å². The molecule has 2 aliphatic heterocycles. The molecule has 4 rings (SSSR count). The van der Waals surface area contributed by atoms with Crippen LogP contribution in [0.5, 0.6) is 0 Å². The third-order valence-electron chi connectivity index (χ3n) is 6.44. The number of hydrogen-bond acceptors (Lipinski definition) is 9. The van der Waals surface area contributed by atoms with Gasteiger partial charge in [-0.15, -0.1) is 0 Å². The number of nitro groups is 1. The number of carbonyl (C=O) groups excluding carboxylic acids is 4. The van der Waals surface area contributed by atoms with Gasteiger partial charge in [0.2, 0.25) is 0 Å². The van der Waals surface area contributed by atoms with Crippen molar-refractivity contribution in [2.45, 2.75) is 26.2 Å². The molecule has 0 aromatic heterocycles. The highest BCUT2D eigenvalue weighted by Crippen LogP contribution is 2.40. The quantitative estimate of drug-likeness (QED) is 0.183. The van der Waals surface area contributed by atoms with E-state index in [2.05, 4.69) is 5.32 Å². The molecule has 0 saturated carbocycles. The summed E-state index contributed by atoms with van der Waals surface area (Å²) in [6, 6.07) is 12.2. The van der Waals surface area contributed by atoms with Gasteiger partial charge < -0.3 is 14.8 Å². The smallest absolute Gasteiger partial charge is 0.336 e. The van der Waals surface area contributed by atoms with Crippen LogP contribution in [0.15, 0.2) is 71.1 Å². The van der Waals surface area contributed by atoms with Crippen molar-refractivity contribution < 1.29 is 33.6 Å². The molecule has 0 radical (unpaired) electrons. The zero-order valence-electron chi connectivity index (χ0n) is 21.0. The molecule has 2 amide bonds. The molecule has 2 aromatic rings. The number of carbonyl (C=O) groups is 4. The maximum Gasteiger partial charge on any atom is 0.336 e. The Labute approximate surface area is 217 Å². The van der Waals surface area contributed by atoms with Gasteiger partial charge in [-0.1, -0.05) is 24.3 Å². The number of methoxy groups -OCH3 is 1. The molecule has 0 aliphatic carbocycles. The maximum absolute atomic E-state index is 13.3. The van der Waals surface area contributed by atoms with E-state index in [1.165, 1.54) is 25.3 Å². The average molecular weight is 520 g/mol. The second-order valence-corrected chi connectivity index (χ2v) is 8.78. The van der Waals surface area contributed by atoms with E-state index in [0.29, 0.717) is 28.1 Å². The van der Waals surface area contributed by atoms with Gasteiger partial charge in [-0.25, -0.2) is 9.59 Å². The van der Waals surface area contributed by atoms with E-state index < -0.39 is 34.6 Å². The molecule has 1 atom stereocenters. The largest absolute Gasteiger partial charge is 0.466 e. The van der Waals surface area contributed by atoms with Crippen LogP contribution in [0.1, 0.15) is 52.5 Å². The molecule has 11 nitrogen and oxygen atoms in total. The van der Waals surface area contributed by atoms with Crippen molar-refractivity contribution in [3.05, 3.63) is 97.9 Å². The molecular formula is C27H25N3O8. The van der Waals surface area contributed by atoms with Crippen molar-refractivity contribution in [3.63, 3.8) is 0 Å². The van der Waals surface area contributed by atoms with Crippen LogP contribution in [0.2, 0.25) is 0 Å². The zero-order valence-corrected chi connectivity index (χ0v) is 21.0. The van der Waals surface area contributed by atoms with Gasteiger partial charge in [0.25, 0.3) is 17.5 Å². The van der Waals surface area contributed by atoms with E-state index in [-0.39, 0.29) is 36.4 Å². The number of esters is 2. The van der Waals surface area contributed by atoms with E-state index in [1.807, 2.05) is 0 Å². The number of benzene rings is 2. The van der Waals surface area contributed by atoms with Crippen molar-refractivity contribution in [3.8, 4) is 0 Å². The number of nitrogens with one attached hydrogen (secondary N) is 1. The minimum atomic E-state index is -0.979. The van der Waals surface area contributed by atoms with Crippen molar-refractivity contribution in [2.24, 2.45) is 0 Å². The highest BCUT2D eigenvalue weighted by Gasteiger charge is 2.39. The Morgan fingerprint density at radius 3 is 2.16 bits per heavy atom. The monoisotopic (exact) mass is 519 g/mol. The molecule has 2 aromatic carbocycles. The van der Waals surface area contributed by atoms with Gasteiger partial charge in [0, 0.05) is 30.1 Å². The first-order valence-electron chi connectivity index (χ1n) is 11.8. The first-order valence-corrected chi connectivity index (χ1v) is 11.8. The summed E-state index contributed by atoms with van der Waals surface area (Å²) < 4.78 is 10.4. The van der Waals surface area contributed by atoms with Crippen molar-refractivity contribution in [1.29, 1.82) is 0 Å². The molecule has 0 fully saturated rings. The summed E-state index contributed by atoms with van der Waals surface area (Å²) in [5.41, 5.74) is 1.88. The summed E-state index contributed by atoms with van der Waals surface area (Å²) in [7, 11) is 1.20. The minimum absolute atomic E-state index is 0.0522. The molecule has 0 spiro atoms. The van der Waals surface area contributed by atoms with Gasteiger partial charge in [-0.05, 0) is 38.0 Å². The normalized spacial score (nSPS) is 16.8. The maximum atomic E-state index is 13.3. The number of nitro benzene ring substituents is 1. The number of hydrogen-bond donors (Lipinski definition) is 1. The van der Waals surface area contributed by atoms with E-state index in [4.69, 9.17) is 9.47 Å². The molecule has 2 aliphatic rings. The van der Waals surface area contributed by atoms with Crippen LogP contribution in [-0.4, -0.2) is 53.8 Å². The Kier molecular flexibility index (Phi) is 7.38. The van der Waals surface area contributed by atoms with Crippen LogP contribution < -0.4 is 5.32 Å². The van der Waals surface area contributed by atoms with Crippen LogP contribution >= 0.6 is 0 Å². The number of dihydropyridines is 1. The summed E-state index contributed by atoms with van der Waals surface area (Å²) in [6.45, 7) is 3.22. The van der Waals surface area contributed by atoms with Crippen molar-refractivity contribution in [1.82, 2.24) is 10.2 Å². The number of amides is 2. The van der Waals surface area contributed by atoms with Crippen LogP contribution in [0, 0.1) is 10.1 Å². The minimum Gasteiger partial charge on any atom is -0.466 e. The number of nitrogens with zero attached hydrogens (tertiary/aromatic N) is 2. The third kappa shape index (κ3) is 4.77. The highest BCUT2D eigenvalue weighted by molar-refractivity contribution is 6.21. The summed E-state index contributed by atoms with van der Waals surface area (Å²) >= 11 is 0. The molecule has 0 bridgehead atoms. The molecule has 1 N–H and O–H groups in total. The predicted octanol–water partition coefficient (Wildman–Crippen LogP) is 3.23. The number of rotatable bonds is 8. The zero-order chi connectivity index (χ0) is 27.6. The number of allylic oxidation sites excluding steroid dienone is 2. The molecule has 1 unspecified atom stereocenters. The Morgan fingerprint density at radius 2 is 1.58 bits per heavy atom. The Bertz CT molecular complexity index is 1390. The third-order valence-corrected chi connectivity index (χ3v) is 6.44. The second kappa shape index (κ2) is 10.7. The summed E-state index contributed by atoms with van der Waals surface area (Å²) in [4.78, 5) is 63.0. The van der Waals surface area contributed by atoms with E-state index in [9.17, 15) is 29.3 Å². The Hall–Kier alpha value is -4.80. The van der Waals surface area contributed by atoms with Crippen LogP contribution in [0.25, 0.3) is 0 Å². The Morgan fingerprint density at radius 1 is 0.974 bits per heavy atom. The lowest BCUT2D eigenvalue weighted by Crippen LogP contribution is -2.33. The van der Waals surface area contributed by atoms with E-state index >= 15 is 0 Å². The lowest BCUT2D eigenvalue weighted by molar-refractivity contribution is -0.384. The fraction of sp³-hybridized carbons (Fsp3) is 0.259. The van der Waals surface area contributed by atoms with Gasteiger partial charge in [0.1, 0.15) is 0 Å². The lowest BCUT2D eigenvalue weighted by atomic mass is 9.80. The van der Waals surface area contributed by atoms with Crippen molar-refractivity contribution >= 4 is 29.4 Å². The first kappa shape index (κ1) is 26.3. The Balaban J connectivity index is 1.53. The first-order chi connectivity index (χ1) is 18.1. The number of ether oxygens (including phenoxy) is 2. The summed E-state index contributed by atoms with van der Waals surface area (Å²) in [5.74, 6) is -3.23. The molecule has 2 heterocycles. The van der Waals surface area contributed by atoms with Gasteiger partial charge in [-0.3, -0.25) is 24.6 Å².